The number of aromatic nitrogens is 3. The molecule has 3 heterocycles. The predicted octanol–water partition coefficient (Wildman–Crippen LogP) is 7.54. The van der Waals surface area contributed by atoms with Gasteiger partial charge in [0.1, 0.15) is 23.3 Å². The van der Waals surface area contributed by atoms with E-state index in [9.17, 15) is 10.5 Å². The van der Waals surface area contributed by atoms with Crippen LogP contribution in [0.15, 0.2) is 72.0 Å². The van der Waals surface area contributed by atoms with Gasteiger partial charge in [0.2, 0.25) is 0 Å². The van der Waals surface area contributed by atoms with Crippen molar-refractivity contribution in [3.8, 4) is 12.1 Å². The molecule has 2 aromatic heterocycles. The molecule has 1 aliphatic heterocycles. The van der Waals surface area contributed by atoms with Gasteiger partial charge in [0.15, 0.2) is 17.5 Å². The van der Waals surface area contributed by atoms with Crippen LogP contribution in [0, 0.1) is 29.6 Å². The van der Waals surface area contributed by atoms with E-state index in [0.717, 1.165) is 59.5 Å². The number of anilines is 5. The molecule has 3 N–H and O–H groups in total. The molecule has 0 atom stereocenters. The lowest BCUT2D eigenvalue weighted by atomic mass is 9.98. The van der Waals surface area contributed by atoms with Crippen LogP contribution in [-0.4, -0.2) is 46.3 Å². The van der Waals surface area contributed by atoms with Gasteiger partial charge in [-0.15, -0.1) is 0 Å². The molecule has 1 saturated heterocycles. The van der Waals surface area contributed by atoms with Crippen LogP contribution in [0.4, 0.5) is 28.7 Å². The first-order valence-electron chi connectivity index (χ1n) is 15.7. The Bertz CT molecular complexity index is 1930. The molecule has 10 heteroatoms. The first-order valence-corrected chi connectivity index (χ1v) is 15.7. The average Bonchev–Trinajstić information content (AvgIpc) is 3.05. The summed E-state index contributed by atoms with van der Waals surface area (Å²) in [6.45, 7) is 15.7. The van der Waals surface area contributed by atoms with Crippen molar-refractivity contribution >= 4 is 51.9 Å². The Hall–Kier alpha value is -5.58. The number of rotatable bonds is 9. The van der Waals surface area contributed by atoms with Crippen molar-refractivity contribution in [1.82, 2.24) is 20.3 Å². The van der Waals surface area contributed by atoms with E-state index in [-0.39, 0.29) is 5.54 Å². The number of piperidine rings is 1. The minimum absolute atomic E-state index is 0.0559. The summed E-state index contributed by atoms with van der Waals surface area (Å²) < 4.78 is 0. The Morgan fingerprint density at radius 3 is 2.47 bits per heavy atom. The van der Waals surface area contributed by atoms with Gasteiger partial charge in [-0.1, -0.05) is 30.4 Å². The number of para-hydroxylation sites is 1. The van der Waals surface area contributed by atoms with Crippen LogP contribution in [-0.2, 0) is 0 Å². The van der Waals surface area contributed by atoms with Crippen molar-refractivity contribution < 1.29 is 0 Å². The molecule has 10 nitrogen and oxygen atoms in total. The van der Waals surface area contributed by atoms with E-state index in [4.69, 9.17) is 4.98 Å². The van der Waals surface area contributed by atoms with Crippen LogP contribution in [0.25, 0.3) is 16.5 Å². The van der Waals surface area contributed by atoms with Gasteiger partial charge in [-0.2, -0.15) is 10.5 Å². The number of nitrogens with zero attached hydrogens (tertiary/aromatic N) is 7. The molecule has 4 aromatic rings. The number of aliphatic imine (C=N–C) groups is 1. The van der Waals surface area contributed by atoms with Crippen LogP contribution >= 0.6 is 0 Å². The van der Waals surface area contributed by atoms with Gasteiger partial charge in [0.25, 0.3) is 0 Å². The Balaban J connectivity index is 1.44. The van der Waals surface area contributed by atoms with Gasteiger partial charge >= 0.3 is 0 Å². The number of hydrogen-bond acceptors (Lipinski definition) is 10. The van der Waals surface area contributed by atoms with Gasteiger partial charge in [0.05, 0.1) is 17.4 Å². The fourth-order valence-corrected chi connectivity index (χ4v) is 5.88. The van der Waals surface area contributed by atoms with Crippen LogP contribution in [0.3, 0.4) is 0 Å². The third kappa shape index (κ3) is 7.63. The molecule has 0 bridgehead atoms. The lowest BCUT2D eigenvalue weighted by Crippen LogP contribution is -2.49. The summed E-state index contributed by atoms with van der Waals surface area (Å²) in [6.07, 6.45) is 8.75. The summed E-state index contributed by atoms with van der Waals surface area (Å²) in [4.78, 5) is 20.0. The zero-order valence-corrected chi connectivity index (χ0v) is 27.6. The van der Waals surface area contributed by atoms with E-state index in [1.54, 1.807) is 6.20 Å². The molecule has 0 unspecified atom stereocenters. The highest BCUT2D eigenvalue weighted by Crippen LogP contribution is 2.37. The van der Waals surface area contributed by atoms with Gasteiger partial charge in [-0.25, -0.2) is 15.0 Å². The second-order valence-electron chi connectivity index (χ2n) is 12.6. The molecule has 2 aromatic carbocycles. The van der Waals surface area contributed by atoms with Crippen molar-refractivity contribution in [3.63, 3.8) is 0 Å². The first kappa shape index (κ1) is 32.8. The number of allylic oxidation sites excluding steroid dienone is 3. The number of pyridine rings is 1. The van der Waals surface area contributed by atoms with Crippen molar-refractivity contribution in [2.75, 3.05) is 28.6 Å². The maximum Gasteiger partial charge on any atom is 0.163 e. The predicted molar refractivity (Wildman–Crippen MR) is 191 cm³/mol. The minimum atomic E-state index is 0.0559. The molecular formula is C37H40N10. The lowest BCUT2D eigenvalue weighted by Gasteiger charge is -2.38. The Labute approximate surface area is 276 Å². The maximum atomic E-state index is 10.5. The largest absolute Gasteiger partial charge is 0.370 e. The summed E-state index contributed by atoms with van der Waals surface area (Å²) in [6, 6.07) is 18.9. The van der Waals surface area contributed by atoms with Crippen LogP contribution in [0.1, 0.15) is 63.1 Å². The molecule has 0 amide bonds. The Morgan fingerprint density at radius 1 is 1.04 bits per heavy atom. The fraction of sp³-hybridized carbons (Fsp3) is 0.297. The van der Waals surface area contributed by atoms with Gasteiger partial charge in [-0.3, -0.25) is 4.99 Å². The van der Waals surface area contributed by atoms with Gasteiger partial charge in [0, 0.05) is 53.2 Å². The highest BCUT2D eigenvalue weighted by atomic mass is 15.2. The smallest absolute Gasteiger partial charge is 0.163 e. The van der Waals surface area contributed by atoms with Crippen molar-refractivity contribution in [2.45, 2.75) is 59.0 Å². The fourth-order valence-electron chi connectivity index (χ4n) is 5.88. The zero-order valence-electron chi connectivity index (χ0n) is 27.6. The monoisotopic (exact) mass is 624 g/mol. The average molecular weight is 625 g/mol. The van der Waals surface area contributed by atoms with E-state index in [1.165, 1.54) is 6.20 Å². The maximum absolute atomic E-state index is 10.5. The molecule has 238 valence electrons. The molecule has 0 radical (unpaired) electrons. The number of hydrogen-bond donors (Lipinski definition) is 3. The standard InChI is InChI=1S/C37H40N10/c1-7-10-25(22-40-6)34-41-23-26(20-38)35(45-34)43-31-14-13-28(19-24(31)2)42-36-30(21-39)33(29-11-8-9-12-32(29)44-36)47-17-15-27(16-18-47)46-37(3,4)5/h7-14,19,22-23,27,46H,6,15-18H2,1-5H3,(H,42,44)(H,41,43,45)/b10-7-,25-22+. The topological polar surface area (TPSA) is 138 Å². The van der Waals surface area contributed by atoms with Gasteiger partial charge in [-0.05, 0) is 84.0 Å². The first-order chi connectivity index (χ1) is 22.6. The molecule has 0 aliphatic carbocycles. The van der Waals surface area contributed by atoms with E-state index in [2.05, 4.69) is 75.4 Å². The Kier molecular flexibility index (Phi) is 9.94. The zero-order chi connectivity index (χ0) is 33.6. The second kappa shape index (κ2) is 14.2. The molecule has 5 rings (SSSR count). The minimum Gasteiger partial charge on any atom is -0.370 e. The van der Waals surface area contributed by atoms with Crippen molar-refractivity contribution in [3.05, 3.63) is 89.5 Å². The van der Waals surface area contributed by atoms with E-state index < -0.39 is 0 Å². The molecule has 0 saturated carbocycles. The second-order valence-corrected chi connectivity index (χ2v) is 12.6. The van der Waals surface area contributed by atoms with Crippen LogP contribution in [0.2, 0.25) is 0 Å². The SMILES string of the molecule is C=N/C=C(\C=C/C)c1ncc(C#N)c(Nc2ccc(Nc3nc4ccccc4c(N4CCC(NC(C)(C)C)CC4)c3C#N)cc2C)n1. The highest BCUT2D eigenvalue weighted by Gasteiger charge is 2.27. The van der Waals surface area contributed by atoms with E-state index in [0.29, 0.717) is 40.2 Å². The molecular weight excluding hydrogens is 584 g/mol. The highest BCUT2D eigenvalue weighted by molar-refractivity contribution is 5.98. The summed E-state index contributed by atoms with van der Waals surface area (Å²) in [5, 5.41) is 31.6. The van der Waals surface area contributed by atoms with Gasteiger partial charge < -0.3 is 20.9 Å². The molecule has 0 spiro atoms. The summed E-state index contributed by atoms with van der Waals surface area (Å²) in [7, 11) is 0. The van der Waals surface area contributed by atoms with E-state index in [1.807, 2.05) is 68.5 Å². The normalized spacial score (nSPS) is 14.2. The summed E-state index contributed by atoms with van der Waals surface area (Å²) in [5.41, 5.74) is 5.78. The number of nitriles is 2. The Morgan fingerprint density at radius 2 is 1.81 bits per heavy atom. The van der Waals surface area contributed by atoms with Crippen molar-refractivity contribution in [2.24, 2.45) is 4.99 Å². The third-order valence-corrected chi connectivity index (χ3v) is 7.91. The van der Waals surface area contributed by atoms with Crippen LogP contribution in [0.5, 0.6) is 0 Å². The number of aryl methyl sites for hydroxylation is 1. The summed E-state index contributed by atoms with van der Waals surface area (Å²) in [5.74, 6) is 1.32. The summed E-state index contributed by atoms with van der Waals surface area (Å²) >= 11 is 0. The number of benzene rings is 2. The van der Waals surface area contributed by atoms with E-state index >= 15 is 0 Å². The quantitative estimate of drug-likeness (QED) is 0.127. The number of nitrogens with one attached hydrogen (secondary N) is 3. The molecule has 47 heavy (non-hydrogen) atoms. The molecule has 1 aliphatic rings. The number of fused-ring (bicyclic) bond motifs is 1. The molecule has 1 fully saturated rings. The lowest BCUT2D eigenvalue weighted by molar-refractivity contribution is 0.317. The third-order valence-electron chi connectivity index (χ3n) is 7.91. The van der Waals surface area contributed by atoms with Crippen molar-refractivity contribution in [1.29, 1.82) is 10.5 Å². The van der Waals surface area contributed by atoms with Crippen LogP contribution < -0.4 is 20.9 Å².